The Labute approximate surface area is 187 Å². The van der Waals surface area contributed by atoms with E-state index in [2.05, 4.69) is 41.1 Å². The summed E-state index contributed by atoms with van der Waals surface area (Å²) in [5.41, 5.74) is 1.32. The van der Waals surface area contributed by atoms with Crippen molar-refractivity contribution in [3.8, 4) is 0 Å². The molecule has 8 heteroatoms. The Hall–Kier alpha value is -1.15. The molecule has 172 valence electrons. The molecular formula is C22H41ClN6O. The molecule has 2 saturated heterocycles. The summed E-state index contributed by atoms with van der Waals surface area (Å²) in [6, 6.07) is 2.09. The maximum Gasteiger partial charge on any atom is 0.275 e. The molecular weight excluding hydrogens is 400 g/mol. The lowest BCUT2D eigenvalue weighted by Gasteiger charge is -2.29. The van der Waals surface area contributed by atoms with Gasteiger partial charge in [-0.15, -0.1) is 0 Å². The van der Waals surface area contributed by atoms with Crippen LogP contribution in [0.15, 0.2) is 0 Å². The van der Waals surface area contributed by atoms with Crippen LogP contribution in [0.1, 0.15) is 63.1 Å². The van der Waals surface area contributed by atoms with Crippen molar-refractivity contribution in [2.45, 2.75) is 78.2 Å². The normalized spacial score (nSPS) is 23.6. The van der Waals surface area contributed by atoms with Crippen LogP contribution in [0.3, 0.4) is 0 Å². The molecule has 7 nitrogen and oxygen atoms in total. The molecule has 2 atom stereocenters. The first kappa shape index (κ1) is 25.1. The van der Waals surface area contributed by atoms with Crippen LogP contribution in [-0.2, 0) is 13.1 Å². The van der Waals surface area contributed by atoms with Crippen molar-refractivity contribution < 1.29 is 4.79 Å². The number of carbonyl (C=O) groups excluding carboxylic acids is 1. The van der Waals surface area contributed by atoms with Crippen LogP contribution >= 0.6 is 11.6 Å². The number of aryl methyl sites for hydroxylation is 1. The van der Waals surface area contributed by atoms with Gasteiger partial charge in [-0.25, -0.2) is 0 Å². The maximum atomic E-state index is 12.0. The van der Waals surface area contributed by atoms with Crippen molar-refractivity contribution in [1.29, 1.82) is 0 Å². The van der Waals surface area contributed by atoms with E-state index < -0.39 is 0 Å². The monoisotopic (exact) mass is 440 g/mol. The van der Waals surface area contributed by atoms with Gasteiger partial charge in [0.05, 0.1) is 10.7 Å². The zero-order valence-corrected chi connectivity index (χ0v) is 20.7. The Bertz CT molecular complexity index is 677. The van der Waals surface area contributed by atoms with Gasteiger partial charge >= 0.3 is 0 Å². The number of hydrogen-bond acceptors (Lipinski definition) is 5. The van der Waals surface area contributed by atoms with Crippen molar-refractivity contribution in [3.05, 3.63) is 16.4 Å². The Balaban J connectivity index is 0.000000241. The summed E-state index contributed by atoms with van der Waals surface area (Å²) < 4.78 is 1.89. The number of piperazine rings is 1. The van der Waals surface area contributed by atoms with E-state index in [9.17, 15) is 4.79 Å². The van der Waals surface area contributed by atoms with Gasteiger partial charge < -0.3 is 15.1 Å². The first-order valence-electron chi connectivity index (χ1n) is 11.4. The van der Waals surface area contributed by atoms with E-state index in [-0.39, 0.29) is 5.91 Å². The number of aromatic nitrogens is 2. The summed E-state index contributed by atoms with van der Waals surface area (Å²) in [7, 11) is 5.64. The third kappa shape index (κ3) is 6.19. The van der Waals surface area contributed by atoms with Crippen molar-refractivity contribution in [3.63, 3.8) is 0 Å². The highest BCUT2D eigenvalue weighted by Gasteiger charge is 2.30. The molecule has 3 aliphatic rings. The fraction of sp³-hybridized carbons (Fsp3) is 0.818. The predicted octanol–water partition coefficient (Wildman–Crippen LogP) is 2.93. The number of likely N-dealkylation sites (tertiary alicyclic amines) is 1. The van der Waals surface area contributed by atoms with Crippen LogP contribution in [0.25, 0.3) is 0 Å². The highest BCUT2D eigenvalue weighted by atomic mass is 35.5. The minimum atomic E-state index is -0.137. The number of rotatable bonds is 2. The lowest BCUT2D eigenvalue weighted by Crippen LogP contribution is -2.49. The molecule has 1 amide bonds. The Morgan fingerprint density at radius 3 is 2.30 bits per heavy atom. The average Bonchev–Trinajstić information content (AvgIpc) is 3.11. The molecule has 0 radical (unpaired) electrons. The summed E-state index contributed by atoms with van der Waals surface area (Å²) in [5.74, 6) is -0.137. The van der Waals surface area contributed by atoms with Gasteiger partial charge in [0.2, 0.25) is 0 Å². The van der Waals surface area contributed by atoms with E-state index in [4.69, 9.17) is 11.6 Å². The fourth-order valence-corrected chi connectivity index (χ4v) is 4.59. The maximum absolute atomic E-state index is 12.0. The topological polar surface area (TPSA) is 56.6 Å². The molecule has 3 aliphatic heterocycles. The summed E-state index contributed by atoms with van der Waals surface area (Å²) in [4.78, 5) is 18.3. The third-order valence-corrected chi connectivity index (χ3v) is 6.30. The van der Waals surface area contributed by atoms with E-state index in [1.807, 2.05) is 18.5 Å². The highest BCUT2D eigenvalue weighted by molar-refractivity contribution is 6.34. The zero-order valence-electron chi connectivity index (χ0n) is 19.9. The van der Waals surface area contributed by atoms with Gasteiger partial charge in [0.25, 0.3) is 5.91 Å². The Morgan fingerprint density at radius 1 is 1.17 bits per heavy atom. The molecule has 2 fully saturated rings. The molecule has 4 heterocycles. The Kier molecular flexibility index (Phi) is 9.60. The highest BCUT2D eigenvalue weighted by Crippen LogP contribution is 2.26. The van der Waals surface area contributed by atoms with Crippen LogP contribution in [0, 0.1) is 0 Å². The first-order valence-corrected chi connectivity index (χ1v) is 11.8. The number of hydrogen-bond donors (Lipinski definition) is 1. The van der Waals surface area contributed by atoms with Crippen LogP contribution < -0.4 is 5.32 Å². The van der Waals surface area contributed by atoms with Crippen molar-refractivity contribution >= 4 is 17.5 Å². The smallest absolute Gasteiger partial charge is 0.275 e. The molecule has 0 aromatic carbocycles. The Morgan fingerprint density at radius 2 is 1.77 bits per heavy atom. The van der Waals surface area contributed by atoms with Gasteiger partial charge in [-0.1, -0.05) is 25.4 Å². The summed E-state index contributed by atoms with van der Waals surface area (Å²) in [6.07, 6.45) is 3.82. The average molecular weight is 441 g/mol. The number of fused-ring (bicyclic) bond motifs is 3. The number of amides is 1. The molecule has 4 rings (SSSR count). The number of nitrogens with one attached hydrogen (secondary N) is 1. The van der Waals surface area contributed by atoms with Crippen molar-refractivity contribution in [2.24, 2.45) is 0 Å². The van der Waals surface area contributed by atoms with Gasteiger partial charge in [-0.3, -0.25) is 14.4 Å². The van der Waals surface area contributed by atoms with Crippen LogP contribution in [-0.4, -0.2) is 89.3 Å². The second kappa shape index (κ2) is 11.5. The molecule has 1 aromatic rings. The lowest BCUT2D eigenvalue weighted by atomic mass is 10.2. The quantitative estimate of drug-likeness (QED) is 0.766. The lowest BCUT2D eigenvalue weighted by molar-refractivity contribution is 0.0821. The van der Waals surface area contributed by atoms with Crippen LogP contribution in [0.4, 0.5) is 0 Å². The minimum absolute atomic E-state index is 0.137. The van der Waals surface area contributed by atoms with Crippen LogP contribution in [0.5, 0.6) is 0 Å². The standard InChI is InChI=1S/C13H21ClN4O.C7H14N2.C2H6/c1-9(2)17-6-5-7-18-10(8-17)11(14)12(15-18)13(19)16(3)4;1-9-4-6-2-3-7(5-9)8-6;1-2/h9H,5-8H2,1-4H3;6-8H,2-5H2,1H3;1-2H3/t;6-,7?;/m.0./s1. The van der Waals surface area contributed by atoms with Crippen molar-refractivity contribution in [1.82, 2.24) is 29.8 Å². The molecule has 0 saturated carbocycles. The number of nitrogens with zero attached hydrogens (tertiary/aromatic N) is 5. The van der Waals surface area contributed by atoms with E-state index in [0.717, 1.165) is 43.8 Å². The number of likely N-dealkylation sites (N-methyl/N-ethyl adjacent to an activating group) is 1. The number of halogens is 1. The zero-order chi connectivity index (χ0) is 22.4. The minimum Gasteiger partial charge on any atom is -0.343 e. The van der Waals surface area contributed by atoms with E-state index in [1.165, 1.54) is 30.8 Å². The largest absolute Gasteiger partial charge is 0.343 e. The van der Waals surface area contributed by atoms with Gasteiger partial charge in [0, 0.05) is 64.9 Å². The number of carbonyl (C=O) groups is 1. The first-order chi connectivity index (χ1) is 14.3. The molecule has 1 N–H and O–H groups in total. The van der Waals surface area contributed by atoms with Gasteiger partial charge in [-0.2, -0.15) is 5.10 Å². The molecule has 30 heavy (non-hydrogen) atoms. The summed E-state index contributed by atoms with van der Waals surface area (Å²) in [5, 5.41) is 8.48. The molecule has 0 aliphatic carbocycles. The third-order valence-electron chi connectivity index (χ3n) is 5.90. The van der Waals surface area contributed by atoms with Crippen LogP contribution in [0.2, 0.25) is 5.02 Å². The SMILES string of the molecule is CC.CC(C)N1CCCn2nc(C(=O)N(C)C)c(Cl)c2C1.CN1CC2CC[C@@H](C1)N2. The second-order valence-corrected chi connectivity index (χ2v) is 9.19. The summed E-state index contributed by atoms with van der Waals surface area (Å²) in [6.45, 7) is 13.5. The van der Waals surface area contributed by atoms with Crippen molar-refractivity contribution in [2.75, 3.05) is 40.8 Å². The van der Waals surface area contributed by atoms with Gasteiger partial charge in [0.1, 0.15) is 0 Å². The fourth-order valence-electron chi connectivity index (χ4n) is 4.31. The summed E-state index contributed by atoms with van der Waals surface area (Å²) >= 11 is 6.37. The molecule has 0 spiro atoms. The van der Waals surface area contributed by atoms with Gasteiger partial charge in [0.15, 0.2) is 5.69 Å². The van der Waals surface area contributed by atoms with E-state index >= 15 is 0 Å². The predicted molar refractivity (Wildman–Crippen MR) is 124 cm³/mol. The van der Waals surface area contributed by atoms with E-state index in [1.54, 1.807) is 14.1 Å². The van der Waals surface area contributed by atoms with E-state index in [0.29, 0.717) is 16.8 Å². The molecule has 2 bridgehead atoms. The molecule has 1 aromatic heterocycles. The van der Waals surface area contributed by atoms with Gasteiger partial charge in [-0.05, 0) is 40.2 Å². The molecule has 1 unspecified atom stereocenters. The second-order valence-electron chi connectivity index (χ2n) is 8.81.